The lowest BCUT2D eigenvalue weighted by Gasteiger charge is -2.26. The van der Waals surface area contributed by atoms with E-state index >= 15 is 0 Å². The number of halogens is 1. The molecule has 0 spiro atoms. The number of amides is 1. The van der Waals surface area contributed by atoms with Gasteiger partial charge in [-0.2, -0.15) is 0 Å². The number of esters is 1. The number of ether oxygens (including phenoxy) is 6. The van der Waals surface area contributed by atoms with Gasteiger partial charge in [0.2, 0.25) is 0 Å². The number of rotatable bonds is 13. The van der Waals surface area contributed by atoms with Gasteiger partial charge in [-0.25, -0.2) is 4.98 Å². The molecule has 3 aromatic carbocycles. The van der Waals surface area contributed by atoms with Gasteiger partial charge in [-0.15, -0.1) is 0 Å². The van der Waals surface area contributed by atoms with Crippen molar-refractivity contribution in [3.8, 4) is 23.0 Å². The summed E-state index contributed by atoms with van der Waals surface area (Å²) in [4.78, 5) is 32.2. The molecule has 5 rings (SSSR count). The van der Waals surface area contributed by atoms with Crippen LogP contribution < -0.4 is 23.8 Å². The third kappa shape index (κ3) is 7.47. The van der Waals surface area contributed by atoms with E-state index in [0.29, 0.717) is 69.3 Å². The minimum Gasteiger partial charge on any atom is -0.497 e. The number of oxazole rings is 1. The Kier molecular flexibility index (Phi) is 10.9. The first-order valence-electron chi connectivity index (χ1n) is 15.0. The van der Waals surface area contributed by atoms with E-state index < -0.39 is 12.2 Å². The number of carbonyl (C=O) groups excluding carboxylic acids is 2. The SMILES string of the molecule is COC(=O)CCCc1cnc(C[C@@H]2O[C@@H](c3cccc(OC)c3OC)c3cc(Cl)ccc3N(Cc3ccc(OC)cc3OC)C2=O)o1. The first kappa shape index (κ1) is 33.6. The zero-order chi connectivity index (χ0) is 33.5. The van der Waals surface area contributed by atoms with Crippen LogP contribution in [0.2, 0.25) is 5.02 Å². The normalized spacial score (nSPS) is 15.9. The summed E-state index contributed by atoms with van der Waals surface area (Å²) in [5, 5.41) is 0.469. The van der Waals surface area contributed by atoms with Gasteiger partial charge in [0, 0.05) is 40.6 Å². The van der Waals surface area contributed by atoms with Crippen molar-refractivity contribution < 1.29 is 42.4 Å². The van der Waals surface area contributed by atoms with E-state index in [-0.39, 0.29) is 31.3 Å². The molecule has 0 saturated heterocycles. The van der Waals surface area contributed by atoms with Gasteiger partial charge in [0.1, 0.15) is 29.5 Å². The van der Waals surface area contributed by atoms with Crippen molar-refractivity contribution in [2.24, 2.45) is 0 Å². The molecule has 47 heavy (non-hydrogen) atoms. The maximum absolute atomic E-state index is 14.6. The Morgan fingerprint density at radius 1 is 0.936 bits per heavy atom. The monoisotopic (exact) mass is 664 g/mol. The molecule has 0 saturated carbocycles. The Labute approximate surface area is 278 Å². The van der Waals surface area contributed by atoms with Crippen LogP contribution in [0, 0.1) is 0 Å². The predicted octanol–water partition coefficient (Wildman–Crippen LogP) is 6.12. The molecule has 11 nitrogen and oxygen atoms in total. The summed E-state index contributed by atoms with van der Waals surface area (Å²) >= 11 is 6.58. The fourth-order valence-electron chi connectivity index (χ4n) is 5.61. The van der Waals surface area contributed by atoms with Gasteiger partial charge in [-0.1, -0.05) is 23.7 Å². The fraction of sp³-hybridized carbons (Fsp3) is 0.343. The van der Waals surface area contributed by atoms with E-state index in [9.17, 15) is 9.59 Å². The molecule has 1 amide bonds. The van der Waals surface area contributed by atoms with Crippen LogP contribution in [0.3, 0.4) is 0 Å². The first-order chi connectivity index (χ1) is 22.8. The molecule has 248 valence electrons. The average Bonchev–Trinajstić information content (AvgIpc) is 3.51. The Bertz CT molecular complexity index is 1720. The number of para-hydroxylation sites is 1. The van der Waals surface area contributed by atoms with Gasteiger partial charge >= 0.3 is 5.97 Å². The molecule has 1 aliphatic heterocycles. The van der Waals surface area contributed by atoms with Crippen LogP contribution in [0.4, 0.5) is 5.69 Å². The summed E-state index contributed by atoms with van der Waals surface area (Å²) in [6.07, 6.45) is 1.09. The zero-order valence-corrected chi connectivity index (χ0v) is 27.7. The summed E-state index contributed by atoms with van der Waals surface area (Å²) in [7, 11) is 7.61. The number of methoxy groups -OCH3 is 5. The maximum Gasteiger partial charge on any atom is 0.305 e. The first-order valence-corrected chi connectivity index (χ1v) is 15.4. The van der Waals surface area contributed by atoms with Crippen LogP contribution in [0.25, 0.3) is 0 Å². The number of nitrogens with zero attached hydrogens (tertiary/aromatic N) is 2. The van der Waals surface area contributed by atoms with Crippen LogP contribution in [-0.4, -0.2) is 58.5 Å². The highest BCUT2D eigenvalue weighted by atomic mass is 35.5. The van der Waals surface area contributed by atoms with Gasteiger partial charge in [-0.05, 0) is 42.8 Å². The molecular weight excluding hydrogens is 628 g/mol. The van der Waals surface area contributed by atoms with Crippen molar-refractivity contribution in [1.82, 2.24) is 4.98 Å². The number of carbonyl (C=O) groups is 2. The quantitative estimate of drug-likeness (QED) is 0.155. The summed E-state index contributed by atoms with van der Waals surface area (Å²) in [6.45, 7) is 0.160. The van der Waals surface area contributed by atoms with Gasteiger partial charge in [-0.3, -0.25) is 9.59 Å². The summed E-state index contributed by atoms with van der Waals surface area (Å²) in [6, 6.07) is 16.3. The second-order valence-corrected chi connectivity index (χ2v) is 11.2. The minimum atomic E-state index is -1.03. The molecular formula is C35H37ClN2O9. The van der Waals surface area contributed by atoms with Crippen molar-refractivity contribution in [1.29, 1.82) is 0 Å². The fourth-order valence-corrected chi connectivity index (χ4v) is 5.79. The van der Waals surface area contributed by atoms with Crippen LogP contribution in [0.5, 0.6) is 23.0 Å². The molecule has 0 bridgehead atoms. The lowest BCUT2D eigenvalue weighted by molar-refractivity contribution is -0.140. The van der Waals surface area contributed by atoms with E-state index in [0.717, 1.165) is 5.56 Å². The largest absolute Gasteiger partial charge is 0.497 e. The number of hydrogen-bond donors (Lipinski definition) is 0. The molecule has 4 aromatic rings. The average molecular weight is 665 g/mol. The van der Waals surface area contributed by atoms with Crippen LogP contribution in [-0.2, 0) is 38.4 Å². The maximum atomic E-state index is 14.6. The minimum absolute atomic E-state index is 0.0383. The van der Waals surface area contributed by atoms with E-state index in [4.69, 9.17) is 44.4 Å². The molecule has 0 radical (unpaired) electrons. The zero-order valence-electron chi connectivity index (χ0n) is 26.9. The summed E-state index contributed by atoms with van der Waals surface area (Å²) in [5.74, 6) is 2.45. The second-order valence-electron chi connectivity index (χ2n) is 10.7. The molecule has 0 N–H and O–H groups in total. The Hall–Kier alpha value is -4.74. The molecule has 0 unspecified atom stereocenters. The number of hydrogen-bond acceptors (Lipinski definition) is 10. The van der Waals surface area contributed by atoms with E-state index in [1.807, 2.05) is 30.3 Å². The molecule has 2 heterocycles. The lowest BCUT2D eigenvalue weighted by atomic mass is 9.97. The third-order valence-electron chi connectivity index (χ3n) is 7.94. The molecule has 0 fully saturated rings. The van der Waals surface area contributed by atoms with E-state index in [1.54, 1.807) is 63.8 Å². The van der Waals surface area contributed by atoms with Crippen molar-refractivity contribution in [3.05, 3.63) is 94.2 Å². The van der Waals surface area contributed by atoms with Crippen molar-refractivity contribution in [2.45, 2.75) is 44.4 Å². The smallest absolute Gasteiger partial charge is 0.305 e. The van der Waals surface area contributed by atoms with Crippen molar-refractivity contribution >= 4 is 29.2 Å². The molecule has 0 aliphatic carbocycles. The van der Waals surface area contributed by atoms with Gasteiger partial charge in [0.15, 0.2) is 17.4 Å². The highest BCUT2D eigenvalue weighted by Gasteiger charge is 2.39. The van der Waals surface area contributed by atoms with Gasteiger partial charge in [0.05, 0.1) is 60.4 Å². The standard InChI is InChI=1S/C35H37ClN2O9/c1-41-23-14-12-21(29(17-23)43-3)20-38-27-15-13-22(36)16-26(27)33(25-9-7-10-28(42-2)34(25)45-5)47-30(35(38)40)18-31-37-19-24(46-31)8-6-11-32(39)44-4/h7,9-10,12-17,19,30,33H,6,8,11,18,20H2,1-5H3/t30-,33-/m0/s1. The third-order valence-corrected chi connectivity index (χ3v) is 8.17. The highest BCUT2D eigenvalue weighted by molar-refractivity contribution is 6.30. The number of fused-ring (bicyclic) bond motifs is 1. The lowest BCUT2D eigenvalue weighted by Crippen LogP contribution is -2.40. The van der Waals surface area contributed by atoms with E-state index in [2.05, 4.69) is 4.98 Å². The Morgan fingerprint density at radius 3 is 2.47 bits per heavy atom. The van der Waals surface area contributed by atoms with Gasteiger partial charge in [0.25, 0.3) is 5.91 Å². The Morgan fingerprint density at radius 2 is 1.74 bits per heavy atom. The van der Waals surface area contributed by atoms with Crippen molar-refractivity contribution in [3.63, 3.8) is 0 Å². The molecule has 1 aliphatic rings. The van der Waals surface area contributed by atoms with Crippen LogP contribution in [0.15, 0.2) is 65.2 Å². The Balaban J connectivity index is 1.58. The van der Waals surface area contributed by atoms with Crippen LogP contribution >= 0.6 is 11.6 Å². The van der Waals surface area contributed by atoms with Gasteiger partial charge < -0.3 is 37.7 Å². The number of aryl methyl sites for hydroxylation is 1. The topological polar surface area (TPSA) is 119 Å². The van der Waals surface area contributed by atoms with Crippen molar-refractivity contribution in [2.75, 3.05) is 40.4 Å². The number of benzene rings is 3. The summed E-state index contributed by atoms with van der Waals surface area (Å²) < 4.78 is 39.9. The number of anilines is 1. The highest BCUT2D eigenvalue weighted by Crippen LogP contribution is 2.45. The van der Waals surface area contributed by atoms with Crippen LogP contribution in [0.1, 0.15) is 47.3 Å². The molecule has 12 heteroatoms. The van der Waals surface area contributed by atoms with E-state index in [1.165, 1.54) is 7.11 Å². The predicted molar refractivity (Wildman–Crippen MR) is 174 cm³/mol. The summed E-state index contributed by atoms with van der Waals surface area (Å²) in [5.41, 5.74) is 2.66. The number of aromatic nitrogens is 1. The second kappa shape index (κ2) is 15.2. The molecule has 1 aromatic heterocycles. The molecule has 2 atom stereocenters.